The summed E-state index contributed by atoms with van der Waals surface area (Å²) in [7, 11) is 4.12. The molecule has 2 aromatic heterocycles. The average Bonchev–Trinajstić information content (AvgIpc) is 2.34. The lowest BCUT2D eigenvalue weighted by atomic mass is 10.3. The lowest BCUT2D eigenvalue weighted by molar-refractivity contribution is -0.647. The van der Waals surface area contributed by atoms with Gasteiger partial charge in [0.15, 0.2) is 0 Å². The molecule has 0 N–H and O–H groups in total. The summed E-state index contributed by atoms with van der Waals surface area (Å²) < 4.78 is 4.24. The first kappa shape index (κ1) is 6.40. The standard InChI is InChI=1S/C9H11N2/c1-10-6-3-4-8-5-7-11(2)9(8)10/h3-7H,1-2H3/q+1. The molecule has 0 aromatic carbocycles. The summed E-state index contributed by atoms with van der Waals surface area (Å²) in [5.41, 5.74) is 1.26. The molecule has 0 aliphatic heterocycles. The maximum absolute atomic E-state index is 2.12. The molecule has 2 rings (SSSR count). The van der Waals surface area contributed by atoms with Crippen molar-refractivity contribution in [1.82, 2.24) is 4.57 Å². The molecule has 2 aromatic rings. The highest BCUT2D eigenvalue weighted by Crippen LogP contribution is 2.07. The molecular formula is C9H11N2+. The van der Waals surface area contributed by atoms with E-state index in [0.717, 1.165) is 0 Å². The van der Waals surface area contributed by atoms with Gasteiger partial charge in [-0.2, -0.15) is 0 Å². The van der Waals surface area contributed by atoms with E-state index in [9.17, 15) is 0 Å². The van der Waals surface area contributed by atoms with E-state index in [1.807, 2.05) is 0 Å². The normalized spacial score (nSPS) is 10.7. The molecule has 0 saturated heterocycles. The van der Waals surface area contributed by atoms with Crippen molar-refractivity contribution in [2.45, 2.75) is 0 Å². The SMILES string of the molecule is Cn1ccc2ccc[n+](C)c21. The number of pyridine rings is 1. The van der Waals surface area contributed by atoms with Crippen LogP contribution in [-0.2, 0) is 14.1 Å². The summed E-state index contributed by atoms with van der Waals surface area (Å²) in [5.74, 6) is 0. The molecule has 0 aliphatic carbocycles. The zero-order valence-electron chi connectivity index (χ0n) is 6.78. The summed E-state index contributed by atoms with van der Waals surface area (Å²) in [6, 6.07) is 6.30. The molecule has 0 spiro atoms. The van der Waals surface area contributed by atoms with Gasteiger partial charge in [-0.3, -0.25) is 0 Å². The summed E-state index contributed by atoms with van der Waals surface area (Å²) in [6.07, 6.45) is 4.13. The zero-order valence-corrected chi connectivity index (χ0v) is 6.78. The minimum atomic E-state index is 1.26. The van der Waals surface area contributed by atoms with Crippen LogP contribution in [0.5, 0.6) is 0 Å². The largest absolute Gasteiger partial charge is 0.288 e. The lowest BCUT2D eigenvalue weighted by Gasteiger charge is -1.93. The summed E-state index contributed by atoms with van der Waals surface area (Å²) in [6.45, 7) is 0. The van der Waals surface area contributed by atoms with Crippen LogP contribution in [0.1, 0.15) is 0 Å². The number of nitrogens with zero attached hydrogens (tertiary/aromatic N) is 2. The molecule has 0 aliphatic rings. The fourth-order valence-corrected chi connectivity index (χ4v) is 1.47. The monoisotopic (exact) mass is 147 g/mol. The summed E-state index contributed by atoms with van der Waals surface area (Å²) >= 11 is 0. The third kappa shape index (κ3) is 0.827. The zero-order chi connectivity index (χ0) is 7.84. The maximum Gasteiger partial charge on any atom is 0.288 e. The van der Waals surface area contributed by atoms with Crippen LogP contribution in [0.15, 0.2) is 30.6 Å². The number of rotatable bonds is 0. The van der Waals surface area contributed by atoms with Gasteiger partial charge in [0.25, 0.3) is 5.65 Å². The van der Waals surface area contributed by atoms with E-state index in [1.54, 1.807) is 0 Å². The van der Waals surface area contributed by atoms with E-state index in [2.05, 4.69) is 53.8 Å². The van der Waals surface area contributed by atoms with Crippen molar-refractivity contribution in [3.63, 3.8) is 0 Å². The van der Waals surface area contributed by atoms with E-state index in [-0.39, 0.29) is 0 Å². The van der Waals surface area contributed by atoms with E-state index in [0.29, 0.717) is 0 Å². The van der Waals surface area contributed by atoms with Crippen molar-refractivity contribution in [3.05, 3.63) is 30.6 Å². The van der Waals surface area contributed by atoms with Crippen molar-refractivity contribution in [2.75, 3.05) is 0 Å². The van der Waals surface area contributed by atoms with Crippen LogP contribution >= 0.6 is 0 Å². The molecular weight excluding hydrogens is 136 g/mol. The Morgan fingerprint density at radius 1 is 1.36 bits per heavy atom. The highest BCUT2D eigenvalue weighted by molar-refractivity contribution is 5.72. The first-order valence-electron chi connectivity index (χ1n) is 3.69. The Labute approximate surface area is 65.7 Å². The van der Waals surface area contributed by atoms with Crippen LogP contribution in [0.4, 0.5) is 0 Å². The molecule has 2 nitrogen and oxygen atoms in total. The summed E-state index contributed by atoms with van der Waals surface area (Å²) in [4.78, 5) is 0. The van der Waals surface area contributed by atoms with E-state index in [1.165, 1.54) is 11.0 Å². The number of aromatic nitrogens is 2. The molecule has 56 valence electrons. The fraction of sp³-hybridized carbons (Fsp3) is 0.222. The third-order valence-corrected chi connectivity index (χ3v) is 1.99. The van der Waals surface area contributed by atoms with Gasteiger partial charge >= 0.3 is 0 Å². The van der Waals surface area contributed by atoms with Crippen molar-refractivity contribution >= 4 is 11.0 Å². The molecule has 0 unspecified atom stereocenters. The van der Waals surface area contributed by atoms with Crippen molar-refractivity contribution in [1.29, 1.82) is 0 Å². The van der Waals surface area contributed by atoms with Gasteiger partial charge in [-0.25, -0.2) is 9.13 Å². The van der Waals surface area contributed by atoms with Gasteiger partial charge in [-0.05, 0) is 18.2 Å². The molecule has 0 atom stereocenters. The highest BCUT2D eigenvalue weighted by atomic mass is 15.1. The van der Waals surface area contributed by atoms with E-state index in [4.69, 9.17) is 0 Å². The Kier molecular flexibility index (Phi) is 1.22. The van der Waals surface area contributed by atoms with Crippen LogP contribution in [0, 0.1) is 0 Å². The van der Waals surface area contributed by atoms with Gasteiger partial charge in [-0.1, -0.05) is 0 Å². The number of hydrogen-bond donors (Lipinski definition) is 0. The van der Waals surface area contributed by atoms with Crippen LogP contribution in [0.25, 0.3) is 11.0 Å². The quantitative estimate of drug-likeness (QED) is 0.492. The molecule has 0 radical (unpaired) electrons. The van der Waals surface area contributed by atoms with E-state index < -0.39 is 0 Å². The second-order valence-corrected chi connectivity index (χ2v) is 2.82. The van der Waals surface area contributed by atoms with Crippen molar-refractivity contribution in [3.8, 4) is 0 Å². The number of aryl methyl sites for hydroxylation is 2. The Bertz CT molecular complexity index is 387. The van der Waals surface area contributed by atoms with Gasteiger partial charge < -0.3 is 0 Å². The molecule has 11 heavy (non-hydrogen) atoms. The van der Waals surface area contributed by atoms with Gasteiger partial charge in [0.05, 0.1) is 31.9 Å². The molecule has 2 heteroatoms. The van der Waals surface area contributed by atoms with Gasteiger partial charge in [0.1, 0.15) is 0 Å². The van der Waals surface area contributed by atoms with Gasteiger partial charge in [0.2, 0.25) is 0 Å². The molecule has 0 amide bonds. The summed E-state index contributed by atoms with van der Waals surface area (Å²) in [5, 5.41) is 1.29. The second-order valence-electron chi connectivity index (χ2n) is 2.82. The topological polar surface area (TPSA) is 8.81 Å². The highest BCUT2D eigenvalue weighted by Gasteiger charge is 2.05. The Morgan fingerprint density at radius 2 is 2.18 bits per heavy atom. The first-order chi connectivity index (χ1) is 5.29. The predicted molar refractivity (Wildman–Crippen MR) is 44.1 cm³/mol. The minimum Gasteiger partial charge on any atom is -0.236 e. The average molecular weight is 147 g/mol. The van der Waals surface area contributed by atoms with Gasteiger partial charge in [0, 0.05) is 0 Å². The minimum absolute atomic E-state index is 1.26. The molecule has 0 fully saturated rings. The van der Waals surface area contributed by atoms with Gasteiger partial charge in [-0.15, -0.1) is 0 Å². The third-order valence-electron chi connectivity index (χ3n) is 1.99. The predicted octanol–water partition coefficient (Wildman–Crippen LogP) is 1.00. The molecule has 0 saturated carbocycles. The van der Waals surface area contributed by atoms with Crippen molar-refractivity contribution < 1.29 is 4.57 Å². The Balaban J connectivity index is 2.96. The van der Waals surface area contributed by atoms with Crippen LogP contribution in [-0.4, -0.2) is 4.57 Å². The maximum atomic E-state index is 2.12. The Morgan fingerprint density at radius 3 is 2.91 bits per heavy atom. The smallest absolute Gasteiger partial charge is 0.236 e. The van der Waals surface area contributed by atoms with Crippen LogP contribution in [0.2, 0.25) is 0 Å². The van der Waals surface area contributed by atoms with Crippen LogP contribution < -0.4 is 4.57 Å². The number of hydrogen-bond acceptors (Lipinski definition) is 0. The van der Waals surface area contributed by atoms with E-state index >= 15 is 0 Å². The Hall–Kier alpha value is -1.31. The lowest BCUT2D eigenvalue weighted by Crippen LogP contribution is -2.29. The first-order valence-corrected chi connectivity index (χ1v) is 3.69. The van der Waals surface area contributed by atoms with Crippen molar-refractivity contribution in [2.24, 2.45) is 14.1 Å². The fourth-order valence-electron chi connectivity index (χ4n) is 1.47. The van der Waals surface area contributed by atoms with Crippen LogP contribution in [0.3, 0.4) is 0 Å². The number of fused-ring (bicyclic) bond motifs is 1. The molecule has 0 bridgehead atoms. The second kappa shape index (κ2) is 2.09. The molecule has 2 heterocycles.